The molecule has 3 heterocycles. The second kappa shape index (κ2) is 10.4. The first-order valence-electron chi connectivity index (χ1n) is 12.1. The van der Waals surface area contributed by atoms with Crippen LogP contribution in [0.5, 0.6) is 11.5 Å². The van der Waals surface area contributed by atoms with Crippen molar-refractivity contribution in [2.45, 2.75) is 24.7 Å². The molecule has 0 saturated carbocycles. The summed E-state index contributed by atoms with van der Waals surface area (Å²) in [4.78, 5) is 32.8. The number of benzene rings is 2. The standard InChI is InChI=1S/C26H22F3N5O6S/c1-15-23(24(36)34(33(15)2)17-6-4-3-5-7-17)32-22(35)10-11-41(37,38)25-30-18(13-21(31-25)26(27,28)29)16-8-9-19-20(12-16)40-14-39-19/h3-9,12-13H,10-11,14H2,1-2H3,(H,32,35). The summed E-state index contributed by atoms with van der Waals surface area (Å²) in [5, 5.41) is 1.34. The molecule has 0 radical (unpaired) electrons. The summed E-state index contributed by atoms with van der Waals surface area (Å²) in [5.41, 5.74) is -1.28. The summed E-state index contributed by atoms with van der Waals surface area (Å²) in [6.45, 7) is 1.53. The Morgan fingerprint density at radius 2 is 1.76 bits per heavy atom. The molecule has 1 aliphatic heterocycles. The van der Waals surface area contributed by atoms with Crippen molar-refractivity contribution in [1.82, 2.24) is 19.3 Å². The number of alkyl halides is 3. The molecule has 0 saturated heterocycles. The van der Waals surface area contributed by atoms with E-state index in [1.165, 1.54) is 27.6 Å². The average Bonchev–Trinajstić information content (AvgIpc) is 3.49. The number of ether oxygens (including phenoxy) is 2. The van der Waals surface area contributed by atoms with Gasteiger partial charge < -0.3 is 14.8 Å². The van der Waals surface area contributed by atoms with Crippen molar-refractivity contribution in [3.63, 3.8) is 0 Å². The molecular formula is C26H22F3N5O6S. The number of hydrogen-bond acceptors (Lipinski definition) is 8. The highest BCUT2D eigenvalue weighted by Crippen LogP contribution is 2.37. The van der Waals surface area contributed by atoms with E-state index in [-0.39, 0.29) is 29.5 Å². The predicted octanol–water partition coefficient (Wildman–Crippen LogP) is 3.49. The van der Waals surface area contributed by atoms with Crippen molar-refractivity contribution in [2.75, 3.05) is 17.9 Å². The molecule has 5 rings (SSSR count). The summed E-state index contributed by atoms with van der Waals surface area (Å²) >= 11 is 0. The Labute approximate surface area is 231 Å². The van der Waals surface area contributed by atoms with Crippen molar-refractivity contribution >= 4 is 21.4 Å². The number of nitrogens with one attached hydrogen (secondary N) is 1. The highest BCUT2D eigenvalue weighted by atomic mass is 32.2. The van der Waals surface area contributed by atoms with E-state index in [0.29, 0.717) is 23.2 Å². The molecule has 0 bridgehead atoms. The van der Waals surface area contributed by atoms with Crippen LogP contribution in [0, 0.1) is 6.92 Å². The molecule has 1 amide bonds. The van der Waals surface area contributed by atoms with Crippen LogP contribution in [0.1, 0.15) is 17.8 Å². The number of carbonyl (C=O) groups excluding carboxylic acids is 1. The number of halogens is 3. The van der Waals surface area contributed by atoms with E-state index in [9.17, 15) is 31.2 Å². The third kappa shape index (κ3) is 5.52. The van der Waals surface area contributed by atoms with Gasteiger partial charge in [-0.15, -0.1) is 0 Å². The van der Waals surface area contributed by atoms with Gasteiger partial charge in [-0.25, -0.2) is 23.1 Å². The van der Waals surface area contributed by atoms with E-state index < -0.39 is 50.5 Å². The Bertz CT molecular complexity index is 1820. The molecule has 0 unspecified atom stereocenters. The van der Waals surface area contributed by atoms with E-state index >= 15 is 0 Å². The molecule has 11 nitrogen and oxygen atoms in total. The van der Waals surface area contributed by atoms with Gasteiger partial charge in [-0.05, 0) is 43.3 Å². The van der Waals surface area contributed by atoms with Gasteiger partial charge in [-0.3, -0.25) is 14.3 Å². The van der Waals surface area contributed by atoms with Crippen molar-refractivity contribution in [3.05, 3.63) is 76.3 Å². The minimum atomic E-state index is -4.97. The molecule has 0 spiro atoms. The summed E-state index contributed by atoms with van der Waals surface area (Å²) < 4.78 is 80.3. The fourth-order valence-electron chi connectivity index (χ4n) is 4.15. The lowest BCUT2D eigenvalue weighted by Gasteiger charge is -2.11. The number of sulfone groups is 1. The molecule has 15 heteroatoms. The largest absolute Gasteiger partial charge is 0.454 e. The number of hydrogen-bond donors (Lipinski definition) is 1. The molecule has 0 fully saturated rings. The van der Waals surface area contributed by atoms with Crippen LogP contribution in [-0.4, -0.2) is 46.2 Å². The number of rotatable bonds is 7. The topological polar surface area (TPSA) is 134 Å². The summed E-state index contributed by atoms with van der Waals surface area (Å²) in [6, 6.07) is 13.5. The number of nitrogens with zero attached hydrogens (tertiary/aromatic N) is 4. The van der Waals surface area contributed by atoms with Crippen LogP contribution < -0.4 is 20.3 Å². The summed E-state index contributed by atoms with van der Waals surface area (Å²) in [5.74, 6) is -1.10. The van der Waals surface area contributed by atoms with Crippen molar-refractivity contribution in [3.8, 4) is 28.4 Å². The van der Waals surface area contributed by atoms with Gasteiger partial charge in [0, 0.05) is 19.0 Å². The number of amides is 1. The Balaban J connectivity index is 1.39. The van der Waals surface area contributed by atoms with Crippen molar-refractivity contribution < 1.29 is 35.9 Å². The van der Waals surface area contributed by atoms with Gasteiger partial charge in [0.05, 0.1) is 22.8 Å². The lowest BCUT2D eigenvalue weighted by molar-refractivity contribution is -0.141. The van der Waals surface area contributed by atoms with E-state index in [1.54, 1.807) is 44.3 Å². The number of anilines is 1. The maximum atomic E-state index is 13.6. The van der Waals surface area contributed by atoms with Crippen molar-refractivity contribution in [1.29, 1.82) is 0 Å². The Hall–Kier alpha value is -4.66. The van der Waals surface area contributed by atoms with E-state index in [4.69, 9.17) is 9.47 Å². The molecule has 4 aromatic rings. The maximum absolute atomic E-state index is 13.6. The second-order valence-electron chi connectivity index (χ2n) is 9.04. The zero-order valence-electron chi connectivity index (χ0n) is 21.6. The van der Waals surface area contributed by atoms with Gasteiger partial charge in [0.25, 0.3) is 5.56 Å². The fourth-order valence-corrected chi connectivity index (χ4v) is 5.26. The quantitative estimate of drug-likeness (QED) is 0.324. The first-order valence-corrected chi connectivity index (χ1v) is 13.7. The first kappa shape index (κ1) is 27.9. The monoisotopic (exact) mass is 589 g/mol. The zero-order chi connectivity index (χ0) is 29.5. The number of para-hydroxylation sites is 1. The molecular weight excluding hydrogens is 567 g/mol. The third-order valence-electron chi connectivity index (χ3n) is 6.36. The third-order valence-corrected chi connectivity index (χ3v) is 7.84. The maximum Gasteiger partial charge on any atom is 0.433 e. The minimum Gasteiger partial charge on any atom is -0.454 e. The SMILES string of the molecule is Cc1c(NC(=O)CCS(=O)(=O)c2nc(-c3ccc4c(c3)OCO4)cc(C(F)(F)F)n2)c(=O)n(-c2ccccc2)n1C. The molecule has 214 valence electrons. The van der Waals surface area contributed by atoms with Gasteiger partial charge >= 0.3 is 6.18 Å². The molecule has 0 atom stereocenters. The lowest BCUT2D eigenvalue weighted by atomic mass is 10.1. The van der Waals surface area contributed by atoms with Gasteiger partial charge in [0.1, 0.15) is 11.4 Å². The second-order valence-corrected chi connectivity index (χ2v) is 11.0. The Kier molecular flexibility index (Phi) is 7.07. The smallest absolute Gasteiger partial charge is 0.433 e. The Morgan fingerprint density at radius 1 is 1.05 bits per heavy atom. The van der Waals surface area contributed by atoms with Crippen molar-refractivity contribution in [2.24, 2.45) is 7.05 Å². The zero-order valence-corrected chi connectivity index (χ0v) is 22.4. The molecule has 41 heavy (non-hydrogen) atoms. The van der Waals surface area contributed by atoms with Crippen LogP contribution in [0.4, 0.5) is 18.9 Å². The molecule has 1 N–H and O–H groups in total. The molecule has 2 aromatic heterocycles. The van der Waals surface area contributed by atoms with Crippen LogP contribution in [0.2, 0.25) is 0 Å². The van der Waals surface area contributed by atoms with Gasteiger partial charge in [0.2, 0.25) is 27.7 Å². The molecule has 0 aliphatic carbocycles. The number of carbonyl (C=O) groups is 1. The van der Waals surface area contributed by atoms with Gasteiger partial charge in [0.15, 0.2) is 11.5 Å². The predicted molar refractivity (Wildman–Crippen MR) is 140 cm³/mol. The summed E-state index contributed by atoms with van der Waals surface area (Å²) in [7, 11) is -2.95. The fraction of sp³-hybridized carbons (Fsp3) is 0.231. The lowest BCUT2D eigenvalue weighted by Crippen LogP contribution is -2.24. The van der Waals surface area contributed by atoms with E-state index in [2.05, 4.69) is 15.3 Å². The molecule has 1 aliphatic rings. The van der Waals surface area contributed by atoms with Crippen LogP contribution in [0.3, 0.4) is 0 Å². The first-order chi connectivity index (χ1) is 19.3. The van der Waals surface area contributed by atoms with Gasteiger partial charge in [-0.1, -0.05) is 18.2 Å². The highest BCUT2D eigenvalue weighted by Gasteiger charge is 2.36. The number of aromatic nitrogens is 4. The van der Waals surface area contributed by atoms with Crippen LogP contribution >= 0.6 is 0 Å². The average molecular weight is 590 g/mol. The van der Waals surface area contributed by atoms with Gasteiger partial charge in [-0.2, -0.15) is 13.2 Å². The number of fused-ring (bicyclic) bond motifs is 1. The Morgan fingerprint density at radius 3 is 2.46 bits per heavy atom. The van der Waals surface area contributed by atoms with Crippen LogP contribution in [0.15, 0.2) is 64.5 Å². The van der Waals surface area contributed by atoms with Crippen LogP contribution in [0.25, 0.3) is 16.9 Å². The van der Waals surface area contributed by atoms with E-state index in [0.717, 1.165) is 0 Å². The normalized spacial score (nSPS) is 12.9. The van der Waals surface area contributed by atoms with E-state index in [1.807, 2.05) is 0 Å². The molecule has 2 aromatic carbocycles. The minimum absolute atomic E-state index is 0.0563. The highest BCUT2D eigenvalue weighted by molar-refractivity contribution is 7.91. The summed E-state index contributed by atoms with van der Waals surface area (Å²) in [6.07, 6.45) is -5.64. The van der Waals surface area contributed by atoms with Crippen LogP contribution in [-0.2, 0) is 27.9 Å².